The minimum absolute atomic E-state index is 0.0117. The van der Waals surface area contributed by atoms with E-state index >= 15 is 0 Å². The molecule has 1 aromatic heterocycles. The fourth-order valence-corrected chi connectivity index (χ4v) is 3.51. The van der Waals surface area contributed by atoms with Gasteiger partial charge in [0.1, 0.15) is 11.0 Å². The number of hydrogen-bond donors (Lipinski definition) is 1. The molecule has 2 rings (SSSR count). The number of rotatable bonds is 12. The van der Waals surface area contributed by atoms with Crippen LogP contribution in [0.3, 0.4) is 0 Å². The van der Waals surface area contributed by atoms with Crippen molar-refractivity contribution in [1.29, 1.82) is 0 Å². The van der Waals surface area contributed by atoms with Crippen LogP contribution in [0.2, 0.25) is 5.15 Å². The second-order valence-corrected chi connectivity index (χ2v) is 8.36. The topological polar surface area (TPSA) is 61.4 Å². The summed E-state index contributed by atoms with van der Waals surface area (Å²) in [6.45, 7) is 5.21. The number of nitrogens with one attached hydrogen (secondary N) is 1. The molecule has 158 valence electrons. The summed E-state index contributed by atoms with van der Waals surface area (Å²) in [4.78, 5) is 25.3. The number of aromatic nitrogens is 2. The van der Waals surface area contributed by atoms with E-state index in [9.17, 15) is 4.79 Å². The van der Waals surface area contributed by atoms with Crippen molar-refractivity contribution in [1.82, 2.24) is 20.2 Å². The summed E-state index contributed by atoms with van der Waals surface area (Å²) in [6, 6.07) is 12.1. The second-order valence-electron chi connectivity index (χ2n) is 7.03. The Bertz CT molecular complexity index is 760. The molecule has 1 aromatic carbocycles. The van der Waals surface area contributed by atoms with Gasteiger partial charge >= 0.3 is 0 Å². The lowest BCUT2D eigenvalue weighted by atomic mass is 10.2. The number of anilines is 1. The van der Waals surface area contributed by atoms with Crippen molar-refractivity contribution in [2.75, 3.05) is 44.4 Å². The third-order valence-electron chi connectivity index (χ3n) is 4.20. The van der Waals surface area contributed by atoms with Crippen LogP contribution in [0.25, 0.3) is 0 Å². The standard InChI is InChI=1S/C21H30ClN5OS/c1-4-5-11-23-20(28)16-29-21-24-18(22)14-19(25-21)27(13-12-26(2)3)15-17-9-7-6-8-10-17/h6-10,14H,4-5,11-13,15-16H2,1-3H3,(H,23,28). The maximum absolute atomic E-state index is 12.0. The summed E-state index contributed by atoms with van der Waals surface area (Å²) in [7, 11) is 4.10. The van der Waals surface area contributed by atoms with Crippen LogP contribution in [0.5, 0.6) is 0 Å². The van der Waals surface area contributed by atoms with Gasteiger partial charge in [-0.25, -0.2) is 9.97 Å². The average molecular weight is 436 g/mol. The van der Waals surface area contributed by atoms with E-state index in [-0.39, 0.29) is 11.7 Å². The Morgan fingerprint density at radius 3 is 2.62 bits per heavy atom. The van der Waals surface area contributed by atoms with Gasteiger partial charge in [-0.05, 0) is 26.1 Å². The van der Waals surface area contributed by atoms with Crippen molar-refractivity contribution in [2.24, 2.45) is 0 Å². The van der Waals surface area contributed by atoms with Crippen LogP contribution in [0.4, 0.5) is 5.82 Å². The first-order valence-corrected chi connectivity index (χ1v) is 11.2. The molecule has 0 fully saturated rings. The zero-order chi connectivity index (χ0) is 21.1. The van der Waals surface area contributed by atoms with Gasteiger partial charge in [-0.15, -0.1) is 0 Å². The number of halogens is 1. The minimum atomic E-state index is -0.0117. The van der Waals surface area contributed by atoms with Crippen LogP contribution in [-0.2, 0) is 11.3 Å². The van der Waals surface area contributed by atoms with Crippen molar-refractivity contribution in [2.45, 2.75) is 31.5 Å². The van der Waals surface area contributed by atoms with Gasteiger partial charge in [-0.1, -0.05) is 67.0 Å². The lowest BCUT2D eigenvalue weighted by Crippen LogP contribution is -2.32. The molecule has 0 radical (unpaired) electrons. The molecule has 0 unspecified atom stereocenters. The monoisotopic (exact) mass is 435 g/mol. The number of unbranched alkanes of at least 4 members (excludes halogenated alkanes) is 1. The lowest BCUT2D eigenvalue weighted by Gasteiger charge is -2.26. The fraction of sp³-hybridized carbons (Fsp3) is 0.476. The molecule has 1 amide bonds. The molecule has 29 heavy (non-hydrogen) atoms. The zero-order valence-electron chi connectivity index (χ0n) is 17.4. The van der Waals surface area contributed by atoms with E-state index in [2.05, 4.69) is 44.1 Å². The second kappa shape index (κ2) is 12.7. The van der Waals surface area contributed by atoms with Gasteiger partial charge in [0.15, 0.2) is 5.16 Å². The first-order valence-electron chi connectivity index (χ1n) is 9.85. The van der Waals surface area contributed by atoms with E-state index in [1.165, 1.54) is 17.3 Å². The highest BCUT2D eigenvalue weighted by atomic mass is 35.5. The number of benzene rings is 1. The molecule has 0 atom stereocenters. The summed E-state index contributed by atoms with van der Waals surface area (Å²) >= 11 is 7.58. The smallest absolute Gasteiger partial charge is 0.230 e. The van der Waals surface area contributed by atoms with Gasteiger partial charge in [0.2, 0.25) is 5.91 Å². The Morgan fingerprint density at radius 1 is 1.17 bits per heavy atom. The highest BCUT2D eigenvalue weighted by Gasteiger charge is 2.14. The van der Waals surface area contributed by atoms with Crippen LogP contribution in [-0.4, -0.2) is 60.3 Å². The van der Waals surface area contributed by atoms with Crippen molar-refractivity contribution >= 4 is 35.1 Å². The van der Waals surface area contributed by atoms with Crippen LogP contribution in [0.1, 0.15) is 25.3 Å². The molecule has 0 bridgehead atoms. The zero-order valence-corrected chi connectivity index (χ0v) is 19.0. The number of nitrogens with zero attached hydrogens (tertiary/aromatic N) is 4. The van der Waals surface area contributed by atoms with Crippen LogP contribution < -0.4 is 10.2 Å². The maximum atomic E-state index is 12.0. The number of likely N-dealkylation sites (N-methyl/N-ethyl adjacent to an activating group) is 1. The lowest BCUT2D eigenvalue weighted by molar-refractivity contribution is -0.118. The molecule has 0 aliphatic carbocycles. The fourth-order valence-electron chi connectivity index (χ4n) is 2.60. The maximum Gasteiger partial charge on any atom is 0.230 e. The van der Waals surface area contributed by atoms with Gasteiger partial charge in [-0.3, -0.25) is 4.79 Å². The van der Waals surface area contributed by atoms with Gasteiger partial charge < -0.3 is 15.1 Å². The van der Waals surface area contributed by atoms with Gasteiger partial charge in [0.05, 0.1) is 5.75 Å². The van der Waals surface area contributed by atoms with E-state index < -0.39 is 0 Å². The van der Waals surface area contributed by atoms with Gasteiger partial charge in [0.25, 0.3) is 0 Å². The van der Waals surface area contributed by atoms with Crippen LogP contribution in [0, 0.1) is 0 Å². The third kappa shape index (κ3) is 9.02. The predicted octanol–water partition coefficient (Wildman–Crippen LogP) is 3.71. The quantitative estimate of drug-likeness (QED) is 0.237. The van der Waals surface area contributed by atoms with Crippen molar-refractivity contribution in [3.8, 4) is 0 Å². The number of thioether (sulfide) groups is 1. The molecule has 2 aromatic rings. The molecular weight excluding hydrogens is 406 g/mol. The third-order valence-corrected chi connectivity index (χ3v) is 5.24. The molecular formula is C21H30ClN5OS. The first kappa shape index (κ1) is 23.4. The Hall–Kier alpha value is -1.83. The van der Waals surface area contributed by atoms with E-state index in [1.54, 1.807) is 6.07 Å². The van der Waals surface area contributed by atoms with Crippen molar-refractivity contribution < 1.29 is 4.79 Å². The van der Waals surface area contributed by atoms with E-state index in [0.29, 0.717) is 16.9 Å². The summed E-state index contributed by atoms with van der Waals surface area (Å²) in [6.07, 6.45) is 2.03. The molecule has 0 saturated heterocycles. The van der Waals surface area contributed by atoms with E-state index in [1.807, 2.05) is 32.3 Å². The van der Waals surface area contributed by atoms with Crippen LogP contribution >= 0.6 is 23.4 Å². The number of carbonyl (C=O) groups is 1. The Kier molecular flexibility index (Phi) is 10.2. The SMILES string of the molecule is CCCCNC(=O)CSc1nc(Cl)cc(N(CCN(C)C)Cc2ccccc2)n1. The molecule has 6 nitrogen and oxygen atoms in total. The van der Waals surface area contributed by atoms with E-state index in [0.717, 1.165) is 38.3 Å². The summed E-state index contributed by atoms with van der Waals surface area (Å²) in [5.74, 6) is 1.03. The summed E-state index contributed by atoms with van der Waals surface area (Å²) < 4.78 is 0. The van der Waals surface area contributed by atoms with Gasteiger partial charge in [0, 0.05) is 32.2 Å². The summed E-state index contributed by atoms with van der Waals surface area (Å²) in [5.41, 5.74) is 1.20. The number of amides is 1. The minimum Gasteiger partial charge on any atom is -0.355 e. The Morgan fingerprint density at radius 2 is 1.93 bits per heavy atom. The highest BCUT2D eigenvalue weighted by Crippen LogP contribution is 2.23. The van der Waals surface area contributed by atoms with Gasteiger partial charge in [-0.2, -0.15) is 0 Å². The number of hydrogen-bond acceptors (Lipinski definition) is 6. The molecule has 8 heteroatoms. The molecule has 0 aliphatic rings. The first-order chi connectivity index (χ1) is 14.0. The highest BCUT2D eigenvalue weighted by molar-refractivity contribution is 7.99. The van der Waals surface area contributed by atoms with Crippen molar-refractivity contribution in [3.05, 3.63) is 47.1 Å². The molecule has 1 N–H and O–H groups in total. The Balaban J connectivity index is 2.10. The molecule has 0 aliphatic heterocycles. The van der Waals surface area contributed by atoms with E-state index in [4.69, 9.17) is 11.6 Å². The summed E-state index contributed by atoms with van der Waals surface area (Å²) in [5, 5.41) is 3.80. The number of carbonyl (C=O) groups excluding carboxylic acids is 1. The normalized spacial score (nSPS) is 10.9. The molecule has 0 saturated carbocycles. The Labute approximate surface area is 183 Å². The average Bonchev–Trinajstić information content (AvgIpc) is 2.70. The predicted molar refractivity (Wildman–Crippen MR) is 122 cm³/mol. The van der Waals surface area contributed by atoms with Crippen LogP contribution in [0.15, 0.2) is 41.6 Å². The molecule has 0 spiro atoms. The largest absolute Gasteiger partial charge is 0.355 e. The molecule has 1 heterocycles. The van der Waals surface area contributed by atoms with Crippen molar-refractivity contribution in [3.63, 3.8) is 0 Å².